The average Bonchev–Trinajstić information content (AvgIpc) is 2.15. The molecule has 84 valence electrons. The molecule has 1 aliphatic carbocycles. The molecule has 0 saturated heterocycles. The highest BCUT2D eigenvalue weighted by Crippen LogP contribution is 2.41. The molecule has 1 rings (SSSR count). The number of allylic oxidation sites excluding steroid dienone is 4. The van der Waals surface area contributed by atoms with Crippen molar-refractivity contribution in [2.45, 2.75) is 40.5 Å². The Kier molecular flexibility index (Phi) is 3.90. The highest BCUT2D eigenvalue weighted by molar-refractivity contribution is 5.89. The summed E-state index contributed by atoms with van der Waals surface area (Å²) >= 11 is 0. The largest absolute Gasteiger partial charge is 0.295 e. The summed E-state index contributed by atoms with van der Waals surface area (Å²) in [5.41, 5.74) is 0.276. The van der Waals surface area contributed by atoms with Crippen LogP contribution in [0.5, 0.6) is 0 Å². The normalized spacial score (nSPS) is 29.6. The van der Waals surface area contributed by atoms with E-state index in [0.29, 0.717) is 18.3 Å². The molecule has 0 saturated carbocycles. The maximum absolute atomic E-state index is 11.3. The van der Waals surface area contributed by atoms with Gasteiger partial charge in [0.1, 0.15) is 0 Å². The molecule has 0 N–H and O–H groups in total. The van der Waals surface area contributed by atoms with Crippen LogP contribution in [0.2, 0.25) is 0 Å². The molecular formula is C14H22O. The molecule has 1 aliphatic rings. The zero-order valence-electron chi connectivity index (χ0n) is 10.3. The van der Waals surface area contributed by atoms with Crippen LogP contribution in [0.25, 0.3) is 0 Å². The summed E-state index contributed by atoms with van der Waals surface area (Å²) in [5.74, 6) is 1.25. The Labute approximate surface area is 93.3 Å². The summed E-state index contributed by atoms with van der Waals surface area (Å²) in [6.07, 6.45) is 10.1. The van der Waals surface area contributed by atoms with Crippen molar-refractivity contribution in [3.63, 3.8) is 0 Å². The lowest BCUT2D eigenvalue weighted by molar-refractivity contribution is -0.114. The molecule has 15 heavy (non-hydrogen) atoms. The minimum atomic E-state index is 0.229. The third-order valence-corrected chi connectivity index (χ3v) is 3.39. The van der Waals surface area contributed by atoms with Gasteiger partial charge in [-0.15, -0.1) is 0 Å². The van der Waals surface area contributed by atoms with Crippen molar-refractivity contribution >= 4 is 5.78 Å². The molecule has 0 aromatic carbocycles. The molecule has 1 heteroatoms. The second-order valence-electron chi connectivity index (χ2n) is 5.18. The lowest BCUT2D eigenvalue weighted by Gasteiger charge is -2.38. The van der Waals surface area contributed by atoms with E-state index in [1.165, 1.54) is 0 Å². The molecule has 0 radical (unpaired) electrons. The van der Waals surface area contributed by atoms with Crippen LogP contribution < -0.4 is 0 Å². The lowest BCUT2D eigenvalue weighted by Crippen LogP contribution is -2.29. The topological polar surface area (TPSA) is 17.1 Å². The molecule has 2 atom stereocenters. The van der Waals surface area contributed by atoms with E-state index in [-0.39, 0.29) is 11.2 Å². The Hall–Kier alpha value is -0.850. The van der Waals surface area contributed by atoms with Crippen LogP contribution in [-0.2, 0) is 4.79 Å². The summed E-state index contributed by atoms with van der Waals surface area (Å²) in [7, 11) is 0. The molecule has 0 amide bonds. The number of carbonyl (C=O) groups is 1. The van der Waals surface area contributed by atoms with Gasteiger partial charge in [0.2, 0.25) is 0 Å². The molecule has 2 unspecified atom stereocenters. The summed E-state index contributed by atoms with van der Waals surface area (Å²) in [6.45, 7) is 8.68. The first-order chi connectivity index (χ1) is 6.97. The van der Waals surface area contributed by atoms with Gasteiger partial charge in [-0.2, -0.15) is 0 Å². The van der Waals surface area contributed by atoms with E-state index in [4.69, 9.17) is 0 Å². The number of hydrogen-bond donors (Lipinski definition) is 0. The Balaban J connectivity index is 2.78. The van der Waals surface area contributed by atoms with E-state index in [2.05, 4.69) is 39.0 Å². The smallest absolute Gasteiger partial charge is 0.155 e. The fourth-order valence-corrected chi connectivity index (χ4v) is 2.32. The first kappa shape index (κ1) is 12.2. The molecule has 0 heterocycles. The Morgan fingerprint density at radius 1 is 1.53 bits per heavy atom. The average molecular weight is 206 g/mol. The highest BCUT2D eigenvalue weighted by Gasteiger charge is 2.32. The molecule has 0 aromatic rings. The predicted octanol–water partition coefficient (Wildman–Crippen LogP) is 3.76. The Bertz CT molecular complexity index is 284. The van der Waals surface area contributed by atoms with Crippen LogP contribution in [0.3, 0.4) is 0 Å². The van der Waals surface area contributed by atoms with Gasteiger partial charge in [0.15, 0.2) is 5.78 Å². The van der Waals surface area contributed by atoms with Crippen molar-refractivity contribution in [1.29, 1.82) is 0 Å². The number of ketones is 1. The van der Waals surface area contributed by atoms with Gasteiger partial charge in [-0.05, 0) is 29.7 Å². The zero-order valence-corrected chi connectivity index (χ0v) is 10.3. The number of hydrogen-bond acceptors (Lipinski definition) is 1. The monoisotopic (exact) mass is 206 g/mol. The molecule has 0 spiro atoms. The van der Waals surface area contributed by atoms with Crippen LogP contribution >= 0.6 is 0 Å². The summed E-state index contributed by atoms with van der Waals surface area (Å²) in [5, 5.41) is 0. The summed E-state index contributed by atoms with van der Waals surface area (Å²) in [4.78, 5) is 11.3. The highest BCUT2D eigenvalue weighted by atomic mass is 16.1. The van der Waals surface area contributed by atoms with Crippen molar-refractivity contribution < 1.29 is 4.79 Å². The SMILES string of the molecule is CCC(=O)/C=C/C1C(C)C=CCC1(C)C. The third-order valence-electron chi connectivity index (χ3n) is 3.39. The standard InChI is InChI=1S/C14H22O/c1-5-12(15)8-9-13-11(2)7-6-10-14(13,3)4/h6-9,11,13H,5,10H2,1-4H3/b9-8+. The van der Waals surface area contributed by atoms with E-state index in [0.717, 1.165) is 6.42 Å². The summed E-state index contributed by atoms with van der Waals surface area (Å²) < 4.78 is 0. The van der Waals surface area contributed by atoms with Crippen LogP contribution in [0.15, 0.2) is 24.3 Å². The van der Waals surface area contributed by atoms with Gasteiger partial charge in [-0.3, -0.25) is 4.79 Å². The fourth-order valence-electron chi connectivity index (χ4n) is 2.32. The number of carbonyl (C=O) groups excluding carboxylic acids is 1. The molecule has 0 aromatic heterocycles. The van der Waals surface area contributed by atoms with Crippen molar-refractivity contribution in [3.05, 3.63) is 24.3 Å². The van der Waals surface area contributed by atoms with E-state index in [9.17, 15) is 4.79 Å². The molecule has 0 bridgehead atoms. The Morgan fingerprint density at radius 3 is 2.73 bits per heavy atom. The van der Waals surface area contributed by atoms with Gasteiger partial charge >= 0.3 is 0 Å². The van der Waals surface area contributed by atoms with Gasteiger partial charge in [0.25, 0.3) is 0 Å². The van der Waals surface area contributed by atoms with Crippen molar-refractivity contribution in [2.24, 2.45) is 17.3 Å². The number of rotatable bonds is 3. The van der Waals surface area contributed by atoms with Gasteiger partial charge < -0.3 is 0 Å². The van der Waals surface area contributed by atoms with Crippen LogP contribution in [0.4, 0.5) is 0 Å². The van der Waals surface area contributed by atoms with Crippen LogP contribution in [0.1, 0.15) is 40.5 Å². The van der Waals surface area contributed by atoms with E-state index >= 15 is 0 Å². The van der Waals surface area contributed by atoms with Crippen LogP contribution in [-0.4, -0.2) is 5.78 Å². The lowest BCUT2D eigenvalue weighted by atomic mass is 9.67. The molecule has 1 nitrogen and oxygen atoms in total. The van der Waals surface area contributed by atoms with E-state index in [1.807, 2.05) is 6.92 Å². The summed E-state index contributed by atoms with van der Waals surface area (Å²) in [6, 6.07) is 0. The quantitative estimate of drug-likeness (QED) is 0.507. The maximum Gasteiger partial charge on any atom is 0.155 e. The maximum atomic E-state index is 11.3. The predicted molar refractivity (Wildman–Crippen MR) is 64.6 cm³/mol. The van der Waals surface area contributed by atoms with Gasteiger partial charge in [-0.1, -0.05) is 45.9 Å². The van der Waals surface area contributed by atoms with Crippen molar-refractivity contribution in [3.8, 4) is 0 Å². The van der Waals surface area contributed by atoms with E-state index < -0.39 is 0 Å². The van der Waals surface area contributed by atoms with Crippen molar-refractivity contribution in [2.75, 3.05) is 0 Å². The fraction of sp³-hybridized carbons (Fsp3) is 0.643. The minimum absolute atomic E-state index is 0.229. The molecular weight excluding hydrogens is 184 g/mol. The molecule has 0 aliphatic heterocycles. The Morgan fingerprint density at radius 2 is 2.20 bits per heavy atom. The minimum Gasteiger partial charge on any atom is -0.295 e. The van der Waals surface area contributed by atoms with E-state index in [1.54, 1.807) is 6.08 Å². The zero-order chi connectivity index (χ0) is 11.5. The second-order valence-corrected chi connectivity index (χ2v) is 5.18. The van der Waals surface area contributed by atoms with Crippen LogP contribution in [0, 0.1) is 17.3 Å². The second kappa shape index (κ2) is 4.78. The first-order valence-corrected chi connectivity index (χ1v) is 5.85. The third kappa shape index (κ3) is 3.05. The van der Waals surface area contributed by atoms with Gasteiger partial charge in [-0.25, -0.2) is 0 Å². The van der Waals surface area contributed by atoms with Gasteiger partial charge in [0.05, 0.1) is 0 Å². The first-order valence-electron chi connectivity index (χ1n) is 5.85. The van der Waals surface area contributed by atoms with Gasteiger partial charge in [0, 0.05) is 6.42 Å². The van der Waals surface area contributed by atoms with Crippen molar-refractivity contribution in [1.82, 2.24) is 0 Å². The molecule has 0 fully saturated rings.